The summed E-state index contributed by atoms with van der Waals surface area (Å²) in [5.41, 5.74) is 3.32. The summed E-state index contributed by atoms with van der Waals surface area (Å²) in [4.78, 5) is 24.0. The van der Waals surface area contributed by atoms with E-state index in [4.69, 9.17) is 11.6 Å². The largest absolute Gasteiger partial charge is 0.361 e. The van der Waals surface area contributed by atoms with Crippen LogP contribution >= 0.6 is 11.6 Å². The zero-order valence-corrected chi connectivity index (χ0v) is 16.0. The van der Waals surface area contributed by atoms with Crippen LogP contribution in [0.25, 0.3) is 5.70 Å². The molecule has 1 aliphatic rings. The van der Waals surface area contributed by atoms with Crippen molar-refractivity contribution in [2.75, 3.05) is 0 Å². The summed E-state index contributed by atoms with van der Waals surface area (Å²) >= 11 is 6.39. The fourth-order valence-corrected chi connectivity index (χ4v) is 3.03. The molecule has 0 fully saturated rings. The van der Waals surface area contributed by atoms with E-state index in [-0.39, 0.29) is 17.7 Å². The third-order valence-electron chi connectivity index (χ3n) is 4.31. The minimum absolute atomic E-state index is 0.00936. The molecule has 0 aromatic heterocycles. The second-order valence-electron chi connectivity index (χ2n) is 6.74. The summed E-state index contributed by atoms with van der Waals surface area (Å²) in [5, 5.41) is 9.64. The van der Waals surface area contributed by atoms with E-state index in [2.05, 4.69) is 16.0 Å². The highest BCUT2D eigenvalue weighted by molar-refractivity contribution is 6.31. The molecule has 0 saturated heterocycles. The molecule has 2 amide bonds. The van der Waals surface area contributed by atoms with E-state index in [1.54, 1.807) is 6.07 Å². The Balaban J connectivity index is 1.81. The fraction of sp³-hybridized carbons (Fsp3) is 0.238. The smallest absolute Gasteiger partial charge is 0.247 e. The summed E-state index contributed by atoms with van der Waals surface area (Å²) < 4.78 is 0. The van der Waals surface area contributed by atoms with Gasteiger partial charge in [0, 0.05) is 34.8 Å². The van der Waals surface area contributed by atoms with Gasteiger partial charge in [-0.3, -0.25) is 9.59 Å². The molecule has 1 heterocycles. The average molecular weight is 384 g/mol. The van der Waals surface area contributed by atoms with Gasteiger partial charge in [-0.25, -0.2) is 0 Å². The molecule has 0 bridgehead atoms. The van der Waals surface area contributed by atoms with Gasteiger partial charge in [-0.2, -0.15) is 0 Å². The van der Waals surface area contributed by atoms with E-state index in [9.17, 15) is 9.59 Å². The van der Waals surface area contributed by atoms with E-state index in [0.29, 0.717) is 11.6 Å². The highest BCUT2D eigenvalue weighted by atomic mass is 35.5. The zero-order valence-electron chi connectivity index (χ0n) is 15.3. The molecule has 1 unspecified atom stereocenters. The Morgan fingerprint density at radius 1 is 1.15 bits per heavy atom. The number of carbonyl (C=O) groups excluding carboxylic acids is 2. The van der Waals surface area contributed by atoms with Crippen LogP contribution < -0.4 is 16.0 Å². The number of rotatable bonds is 5. The lowest BCUT2D eigenvalue weighted by atomic mass is 10.0. The molecule has 6 heteroatoms. The predicted molar refractivity (Wildman–Crippen MR) is 107 cm³/mol. The molecule has 0 spiro atoms. The molecular weight excluding hydrogens is 362 g/mol. The standard InChI is InChI=1S/C21H22ClN3O2/c1-13(2)21(27)23-12-14-8-9-17(22)16(10-14)20-24-18(11-19(26)25-20)15-6-4-3-5-7-15/h3-11,13,20,24H,12H2,1-2H3,(H,23,27)(H,25,26). The molecule has 1 atom stereocenters. The molecule has 3 rings (SSSR count). The minimum atomic E-state index is -0.453. The molecule has 2 aromatic carbocycles. The van der Waals surface area contributed by atoms with Crippen molar-refractivity contribution in [3.63, 3.8) is 0 Å². The highest BCUT2D eigenvalue weighted by Gasteiger charge is 2.23. The number of hydrogen-bond acceptors (Lipinski definition) is 3. The van der Waals surface area contributed by atoms with Gasteiger partial charge in [-0.05, 0) is 23.3 Å². The van der Waals surface area contributed by atoms with Crippen LogP contribution in [0.4, 0.5) is 0 Å². The van der Waals surface area contributed by atoms with E-state index >= 15 is 0 Å². The second-order valence-corrected chi connectivity index (χ2v) is 7.15. The normalized spacial score (nSPS) is 16.4. The molecule has 1 aliphatic heterocycles. The van der Waals surface area contributed by atoms with Crippen LogP contribution in [0.15, 0.2) is 54.6 Å². The Kier molecular flexibility index (Phi) is 5.81. The van der Waals surface area contributed by atoms with Crippen LogP contribution in [0.2, 0.25) is 5.02 Å². The Bertz CT molecular complexity index is 878. The van der Waals surface area contributed by atoms with Crippen molar-refractivity contribution in [2.45, 2.75) is 26.6 Å². The molecule has 0 radical (unpaired) electrons. The van der Waals surface area contributed by atoms with Crippen molar-refractivity contribution in [1.29, 1.82) is 0 Å². The molecule has 140 valence electrons. The van der Waals surface area contributed by atoms with Crippen molar-refractivity contribution in [3.05, 3.63) is 76.3 Å². The maximum absolute atomic E-state index is 12.2. The quantitative estimate of drug-likeness (QED) is 0.741. The van der Waals surface area contributed by atoms with Gasteiger partial charge in [-0.15, -0.1) is 0 Å². The first-order chi connectivity index (χ1) is 12.9. The zero-order chi connectivity index (χ0) is 19.4. The molecule has 27 heavy (non-hydrogen) atoms. The molecule has 0 aliphatic carbocycles. The lowest BCUT2D eigenvalue weighted by Crippen LogP contribution is -2.41. The average Bonchev–Trinajstić information content (AvgIpc) is 2.67. The summed E-state index contributed by atoms with van der Waals surface area (Å²) in [6, 6.07) is 15.2. The van der Waals surface area contributed by atoms with Crippen molar-refractivity contribution < 1.29 is 9.59 Å². The van der Waals surface area contributed by atoms with E-state index in [1.807, 2.05) is 56.3 Å². The van der Waals surface area contributed by atoms with Crippen LogP contribution in [-0.2, 0) is 16.1 Å². The summed E-state index contributed by atoms with van der Waals surface area (Å²) in [6.07, 6.45) is 1.08. The molecule has 0 saturated carbocycles. The lowest BCUT2D eigenvalue weighted by molar-refractivity contribution is -0.124. The third kappa shape index (κ3) is 4.68. The topological polar surface area (TPSA) is 70.2 Å². The van der Waals surface area contributed by atoms with Gasteiger partial charge in [-0.1, -0.05) is 61.8 Å². The van der Waals surface area contributed by atoms with Crippen LogP contribution in [0, 0.1) is 5.92 Å². The lowest BCUT2D eigenvalue weighted by Gasteiger charge is -2.28. The Morgan fingerprint density at radius 3 is 2.59 bits per heavy atom. The van der Waals surface area contributed by atoms with Crippen LogP contribution in [-0.4, -0.2) is 11.8 Å². The summed E-state index contributed by atoms with van der Waals surface area (Å²) in [5.74, 6) is -0.272. The maximum Gasteiger partial charge on any atom is 0.247 e. The van der Waals surface area contributed by atoms with E-state index < -0.39 is 6.17 Å². The van der Waals surface area contributed by atoms with Crippen molar-refractivity contribution >= 4 is 29.1 Å². The minimum Gasteiger partial charge on any atom is -0.361 e. The SMILES string of the molecule is CC(C)C(=O)NCc1ccc(Cl)c(C2NC(=O)C=C(c3ccccc3)N2)c1. The maximum atomic E-state index is 12.2. The Labute approximate surface area is 163 Å². The van der Waals surface area contributed by atoms with Crippen molar-refractivity contribution in [1.82, 2.24) is 16.0 Å². The van der Waals surface area contributed by atoms with Gasteiger partial charge in [0.05, 0.1) is 0 Å². The van der Waals surface area contributed by atoms with Gasteiger partial charge < -0.3 is 16.0 Å². The Morgan fingerprint density at radius 2 is 1.89 bits per heavy atom. The van der Waals surface area contributed by atoms with E-state index in [0.717, 1.165) is 22.4 Å². The number of hydrogen-bond donors (Lipinski definition) is 3. The van der Waals surface area contributed by atoms with Crippen LogP contribution in [0.3, 0.4) is 0 Å². The van der Waals surface area contributed by atoms with Crippen LogP contribution in [0.1, 0.15) is 36.7 Å². The Hall–Kier alpha value is -2.79. The first-order valence-corrected chi connectivity index (χ1v) is 9.22. The van der Waals surface area contributed by atoms with Crippen molar-refractivity contribution in [2.24, 2.45) is 5.92 Å². The van der Waals surface area contributed by atoms with Gasteiger partial charge in [0.25, 0.3) is 0 Å². The first-order valence-electron chi connectivity index (χ1n) is 8.84. The van der Waals surface area contributed by atoms with Gasteiger partial charge in [0.15, 0.2) is 0 Å². The number of nitrogens with one attached hydrogen (secondary N) is 3. The van der Waals surface area contributed by atoms with Gasteiger partial charge in [0.2, 0.25) is 11.8 Å². The fourth-order valence-electron chi connectivity index (χ4n) is 2.81. The van der Waals surface area contributed by atoms with E-state index in [1.165, 1.54) is 6.08 Å². The summed E-state index contributed by atoms with van der Waals surface area (Å²) in [7, 11) is 0. The number of carbonyl (C=O) groups is 2. The molecule has 5 nitrogen and oxygen atoms in total. The van der Waals surface area contributed by atoms with Crippen LogP contribution in [0.5, 0.6) is 0 Å². The number of amides is 2. The van der Waals surface area contributed by atoms with Crippen molar-refractivity contribution in [3.8, 4) is 0 Å². The highest BCUT2D eigenvalue weighted by Crippen LogP contribution is 2.27. The number of benzene rings is 2. The molecule has 2 aromatic rings. The molecular formula is C21H22ClN3O2. The second kappa shape index (κ2) is 8.27. The number of halogens is 1. The van der Waals surface area contributed by atoms with Gasteiger partial charge in [0.1, 0.15) is 6.17 Å². The predicted octanol–water partition coefficient (Wildman–Crippen LogP) is 3.37. The first kappa shape index (κ1) is 19.0. The van der Waals surface area contributed by atoms with Gasteiger partial charge >= 0.3 is 0 Å². The summed E-state index contributed by atoms with van der Waals surface area (Å²) in [6.45, 7) is 4.10. The monoisotopic (exact) mass is 383 g/mol. The third-order valence-corrected chi connectivity index (χ3v) is 4.65. The molecule has 3 N–H and O–H groups in total.